The van der Waals surface area contributed by atoms with Crippen molar-refractivity contribution in [3.05, 3.63) is 29.8 Å². The molecule has 1 atom stereocenters. The lowest BCUT2D eigenvalue weighted by molar-refractivity contribution is -0.186. The highest BCUT2D eigenvalue weighted by atomic mass is 16.7. The van der Waals surface area contributed by atoms with Gasteiger partial charge in [0.25, 0.3) is 0 Å². The van der Waals surface area contributed by atoms with E-state index in [2.05, 4.69) is 10.6 Å². The normalized spacial score (nSPS) is 21.5. The summed E-state index contributed by atoms with van der Waals surface area (Å²) in [4.78, 5) is 23.9. The summed E-state index contributed by atoms with van der Waals surface area (Å²) in [6, 6.07) is 8.48. The predicted octanol–water partition coefficient (Wildman–Crippen LogP) is 1.69. The molecule has 7 nitrogen and oxygen atoms in total. The Bertz CT molecular complexity index is 692. The summed E-state index contributed by atoms with van der Waals surface area (Å²) in [5.41, 5.74) is 0.613. The second-order valence-electron chi connectivity index (χ2n) is 6.34. The first kappa shape index (κ1) is 17.4. The van der Waals surface area contributed by atoms with Crippen LogP contribution < -0.4 is 10.6 Å². The number of hydrogen-bond donors (Lipinski definition) is 2. The minimum Gasteiger partial charge on any atom is -0.347 e. The standard InChI is InChI=1S/C18H21N3O4/c19-10-13-6-2-3-7-15(13)21-17(23)16(22)20-11-14-12-24-18(25-14)8-4-1-5-9-18/h2-3,6-7,14H,1,4-5,8-9,11-12H2,(H,20,22)(H,21,23). The van der Waals surface area contributed by atoms with Crippen LogP contribution in [0.5, 0.6) is 0 Å². The molecular formula is C18H21N3O4. The van der Waals surface area contributed by atoms with Crippen molar-refractivity contribution in [2.75, 3.05) is 18.5 Å². The van der Waals surface area contributed by atoms with Crippen LogP contribution in [-0.2, 0) is 19.1 Å². The van der Waals surface area contributed by atoms with Gasteiger partial charge in [-0.1, -0.05) is 18.6 Å². The molecule has 1 saturated heterocycles. The Morgan fingerprint density at radius 1 is 1.20 bits per heavy atom. The number of para-hydroxylation sites is 1. The molecule has 1 unspecified atom stereocenters. The van der Waals surface area contributed by atoms with Gasteiger partial charge >= 0.3 is 11.8 Å². The first-order valence-corrected chi connectivity index (χ1v) is 8.52. The molecule has 1 aliphatic heterocycles. The second-order valence-corrected chi connectivity index (χ2v) is 6.34. The SMILES string of the molecule is N#Cc1ccccc1NC(=O)C(=O)NCC1COC2(CCCCC2)O1. The Balaban J connectivity index is 1.48. The third kappa shape index (κ3) is 4.16. The molecule has 2 aliphatic rings. The van der Waals surface area contributed by atoms with E-state index in [9.17, 15) is 9.59 Å². The Morgan fingerprint density at radius 2 is 1.96 bits per heavy atom. The smallest absolute Gasteiger partial charge is 0.313 e. The molecule has 2 fully saturated rings. The van der Waals surface area contributed by atoms with Gasteiger partial charge in [0.15, 0.2) is 5.79 Å². The zero-order valence-corrected chi connectivity index (χ0v) is 13.9. The summed E-state index contributed by atoms with van der Waals surface area (Å²) in [6.45, 7) is 0.632. The number of hydrogen-bond acceptors (Lipinski definition) is 5. The largest absolute Gasteiger partial charge is 0.347 e. The van der Waals surface area contributed by atoms with Gasteiger partial charge in [-0.15, -0.1) is 0 Å². The number of rotatable bonds is 3. The topological polar surface area (TPSA) is 100 Å². The molecule has 1 heterocycles. The summed E-state index contributed by atoms with van der Waals surface area (Å²) in [5, 5.41) is 14.0. The fourth-order valence-electron chi connectivity index (χ4n) is 3.23. The highest BCUT2D eigenvalue weighted by molar-refractivity contribution is 6.39. The van der Waals surface area contributed by atoms with E-state index in [1.807, 2.05) is 6.07 Å². The van der Waals surface area contributed by atoms with Crippen molar-refractivity contribution < 1.29 is 19.1 Å². The van der Waals surface area contributed by atoms with Crippen molar-refractivity contribution in [2.24, 2.45) is 0 Å². The molecule has 25 heavy (non-hydrogen) atoms. The molecule has 2 N–H and O–H groups in total. The number of nitrogens with one attached hydrogen (secondary N) is 2. The third-order valence-electron chi connectivity index (χ3n) is 4.52. The number of benzene rings is 1. The van der Waals surface area contributed by atoms with Crippen LogP contribution in [0, 0.1) is 11.3 Å². The van der Waals surface area contributed by atoms with E-state index in [0.29, 0.717) is 17.9 Å². The number of amides is 2. The molecule has 7 heteroatoms. The summed E-state index contributed by atoms with van der Waals surface area (Å²) < 4.78 is 11.8. The Morgan fingerprint density at radius 3 is 2.72 bits per heavy atom. The molecule has 3 rings (SSSR count). The fraction of sp³-hybridized carbons (Fsp3) is 0.500. The van der Waals surface area contributed by atoms with Crippen molar-refractivity contribution in [1.82, 2.24) is 5.32 Å². The van der Waals surface area contributed by atoms with Crippen molar-refractivity contribution in [3.8, 4) is 6.07 Å². The highest BCUT2D eigenvalue weighted by Crippen LogP contribution is 2.37. The van der Waals surface area contributed by atoms with Crippen molar-refractivity contribution in [2.45, 2.75) is 44.0 Å². The van der Waals surface area contributed by atoms with E-state index >= 15 is 0 Å². The molecule has 1 saturated carbocycles. The van der Waals surface area contributed by atoms with Gasteiger partial charge in [0.1, 0.15) is 12.2 Å². The zero-order valence-electron chi connectivity index (χ0n) is 13.9. The minimum absolute atomic E-state index is 0.216. The predicted molar refractivity (Wildman–Crippen MR) is 89.4 cm³/mol. The maximum Gasteiger partial charge on any atom is 0.313 e. The molecule has 132 valence electrons. The van der Waals surface area contributed by atoms with Gasteiger partial charge in [-0.05, 0) is 25.0 Å². The molecule has 0 radical (unpaired) electrons. The number of anilines is 1. The molecular weight excluding hydrogens is 322 g/mol. The van der Waals surface area contributed by atoms with Crippen molar-refractivity contribution in [3.63, 3.8) is 0 Å². The van der Waals surface area contributed by atoms with Gasteiger partial charge < -0.3 is 20.1 Å². The number of carbonyl (C=O) groups excluding carboxylic acids is 2. The van der Waals surface area contributed by atoms with E-state index in [1.165, 1.54) is 6.42 Å². The number of carbonyl (C=O) groups is 2. The van der Waals surface area contributed by atoms with Crippen LogP contribution in [0.4, 0.5) is 5.69 Å². The van der Waals surface area contributed by atoms with Gasteiger partial charge in [0, 0.05) is 19.4 Å². The Labute approximate surface area is 146 Å². The van der Waals surface area contributed by atoms with Crippen LogP contribution in [0.2, 0.25) is 0 Å². The lowest BCUT2D eigenvalue weighted by Crippen LogP contribution is -2.41. The zero-order chi connectivity index (χ0) is 17.7. The first-order chi connectivity index (χ1) is 12.1. The highest BCUT2D eigenvalue weighted by Gasteiger charge is 2.42. The van der Waals surface area contributed by atoms with Gasteiger partial charge in [-0.25, -0.2) is 0 Å². The van der Waals surface area contributed by atoms with Crippen LogP contribution in [0.25, 0.3) is 0 Å². The van der Waals surface area contributed by atoms with Crippen molar-refractivity contribution >= 4 is 17.5 Å². The molecule has 1 spiro atoms. The van der Waals surface area contributed by atoms with E-state index in [0.717, 1.165) is 25.7 Å². The molecule has 1 aromatic carbocycles. The summed E-state index contributed by atoms with van der Waals surface area (Å²) in [6.07, 6.45) is 4.87. The van der Waals surface area contributed by atoms with Crippen LogP contribution in [0.1, 0.15) is 37.7 Å². The van der Waals surface area contributed by atoms with E-state index in [4.69, 9.17) is 14.7 Å². The maximum absolute atomic E-state index is 12.0. The average Bonchev–Trinajstić information content (AvgIpc) is 3.03. The van der Waals surface area contributed by atoms with E-state index < -0.39 is 17.6 Å². The summed E-state index contributed by atoms with van der Waals surface area (Å²) in [5.74, 6) is -2.07. The lowest BCUT2D eigenvalue weighted by Gasteiger charge is -2.31. The third-order valence-corrected chi connectivity index (χ3v) is 4.52. The number of nitrogens with zero attached hydrogens (tertiary/aromatic N) is 1. The first-order valence-electron chi connectivity index (χ1n) is 8.52. The van der Waals surface area contributed by atoms with Gasteiger partial charge in [-0.3, -0.25) is 9.59 Å². The number of nitriles is 1. The molecule has 1 aliphatic carbocycles. The lowest BCUT2D eigenvalue weighted by atomic mass is 9.94. The van der Waals surface area contributed by atoms with E-state index in [1.54, 1.807) is 24.3 Å². The minimum atomic E-state index is -0.811. The fourth-order valence-corrected chi connectivity index (χ4v) is 3.23. The average molecular weight is 343 g/mol. The monoisotopic (exact) mass is 343 g/mol. The molecule has 0 aromatic heterocycles. The number of ether oxygens (including phenoxy) is 2. The second kappa shape index (κ2) is 7.64. The molecule has 2 amide bonds. The summed E-state index contributed by atoms with van der Waals surface area (Å²) in [7, 11) is 0. The van der Waals surface area contributed by atoms with Gasteiger partial charge in [-0.2, -0.15) is 5.26 Å². The Kier molecular flexibility index (Phi) is 5.31. The molecule has 1 aromatic rings. The van der Waals surface area contributed by atoms with Gasteiger partial charge in [0.2, 0.25) is 0 Å². The maximum atomic E-state index is 12.0. The van der Waals surface area contributed by atoms with Crippen LogP contribution in [-0.4, -0.2) is 36.9 Å². The summed E-state index contributed by atoms with van der Waals surface area (Å²) >= 11 is 0. The Hall–Kier alpha value is -2.43. The van der Waals surface area contributed by atoms with Crippen LogP contribution in [0.3, 0.4) is 0 Å². The van der Waals surface area contributed by atoms with Crippen LogP contribution >= 0.6 is 0 Å². The van der Waals surface area contributed by atoms with Crippen LogP contribution in [0.15, 0.2) is 24.3 Å². The molecule has 0 bridgehead atoms. The van der Waals surface area contributed by atoms with E-state index in [-0.39, 0.29) is 12.6 Å². The van der Waals surface area contributed by atoms with Gasteiger partial charge in [0.05, 0.1) is 17.9 Å². The van der Waals surface area contributed by atoms with Crippen molar-refractivity contribution in [1.29, 1.82) is 5.26 Å². The quantitative estimate of drug-likeness (QED) is 0.814.